The first-order valence-corrected chi connectivity index (χ1v) is 17.4. The number of rotatable bonds is 28. The van der Waals surface area contributed by atoms with Crippen LogP contribution in [-0.2, 0) is 4.74 Å². The highest BCUT2D eigenvalue weighted by Gasteiger charge is 2.36. The third-order valence-electron chi connectivity index (χ3n) is 8.29. The van der Waals surface area contributed by atoms with Crippen LogP contribution in [0.2, 0.25) is 0 Å². The predicted octanol–water partition coefficient (Wildman–Crippen LogP) is 13.2. The van der Waals surface area contributed by atoms with Crippen molar-refractivity contribution in [2.45, 2.75) is 221 Å². The molecular weight excluding hydrogens is 448 g/mol. The van der Waals surface area contributed by atoms with E-state index >= 15 is 0 Å². The average Bonchev–Trinajstić information content (AvgIpc) is 2.80. The summed E-state index contributed by atoms with van der Waals surface area (Å²) in [5.41, 5.74) is 0.0485. The van der Waals surface area contributed by atoms with Crippen LogP contribution in [-0.4, -0.2) is 11.2 Å². The van der Waals surface area contributed by atoms with Crippen LogP contribution in [0.25, 0.3) is 0 Å². The lowest BCUT2D eigenvalue weighted by atomic mass is 9.84. The molecule has 0 saturated heterocycles. The van der Waals surface area contributed by atoms with E-state index in [4.69, 9.17) is 4.74 Å². The third-order valence-corrected chi connectivity index (χ3v) is 8.29. The molecule has 0 spiro atoms. The van der Waals surface area contributed by atoms with Crippen molar-refractivity contribution in [3.8, 4) is 0 Å². The van der Waals surface area contributed by atoms with E-state index in [0.29, 0.717) is 11.8 Å². The molecule has 0 radical (unpaired) electrons. The molecule has 0 bridgehead atoms. The molecule has 0 amide bonds. The van der Waals surface area contributed by atoms with Crippen LogP contribution < -0.4 is 0 Å². The van der Waals surface area contributed by atoms with Crippen molar-refractivity contribution >= 4 is 0 Å². The van der Waals surface area contributed by atoms with E-state index in [1.807, 2.05) is 0 Å². The van der Waals surface area contributed by atoms with E-state index in [-0.39, 0.29) is 11.2 Å². The molecule has 1 nitrogen and oxygen atoms in total. The van der Waals surface area contributed by atoms with Crippen molar-refractivity contribution in [1.29, 1.82) is 0 Å². The van der Waals surface area contributed by atoms with Crippen molar-refractivity contribution in [1.82, 2.24) is 0 Å². The molecule has 0 saturated carbocycles. The van der Waals surface area contributed by atoms with Gasteiger partial charge in [-0.15, -0.1) is 0 Å². The van der Waals surface area contributed by atoms with Gasteiger partial charge in [0.15, 0.2) is 0 Å². The molecule has 0 aromatic carbocycles. The molecule has 0 rings (SSSR count). The summed E-state index contributed by atoms with van der Waals surface area (Å²) in [4.78, 5) is 0. The minimum atomic E-state index is 0.0243. The smallest absolute Gasteiger partial charge is 0.0664 e. The zero-order valence-electron chi connectivity index (χ0n) is 27.5. The van der Waals surface area contributed by atoms with Crippen LogP contribution in [0, 0.1) is 11.8 Å². The first-order valence-electron chi connectivity index (χ1n) is 17.4. The summed E-state index contributed by atoms with van der Waals surface area (Å²) in [5.74, 6) is 1.38. The van der Waals surface area contributed by atoms with Crippen molar-refractivity contribution in [3.05, 3.63) is 0 Å². The Labute approximate surface area is 237 Å². The van der Waals surface area contributed by atoms with Gasteiger partial charge in [0.1, 0.15) is 0 Å². The monoisotopic (exact) mass is 523 g/mol. The molecule has 0 aromatic heterocycles. The van der Waals surface area contributed by atoms with E-state index in [1.54, 1.807) is 0 Å². The molecule has 0 aromatic rings. The molecule has 0 aliphatic heterocycles. The first-order chi connectivity index (χ1) is 17.7. The van der Waals surface area contributed by atoms with Gasteiger partial charge in [0.2, 0.25) is 0 Å². The van der Waals surface area contributed by atoms with Gasteiger partial charge in [-0.25, -0.2) is 0 Å². The van der Waals surface area contributed by atoms with E-state index in [0.717, 1.165) is 0 Å². The van der Waals surface area contributed by atoms with Gasteiger partial charge in [-0.05, 0) is 51.4 Å². The van der Waals surface area contributed by atoms with Crippen LogP contribution >= 0.6 is 0 Å². The van der Waals surface area contributed by atoms with Crippen molar-refractivity contribution < 1.29 is 4.74 Å². The predicted molar refractivity (Wildman–Crippen MR) is 170 cm³/mol. The fourth-order valence-electron chi connectivity index (χ4n) is 6.68. The highest BCUT2D eigenvalue weighted by Crippen LogP contribution is 2.37. The summed E-state index contributed by atoms with van der Waals surface area (Å²) in [5, 5.41) is 0. The molecule has 0 N–H and O–H groups in total. The van der Waals surface area contributed by atoms with E-state index < -0.39 is 0 Å². The molecule has 0 aliphatic carbocycles. The number of hydrogen-bond donors (Lipinski definition) is 0. The maximum Gasteiger partial charge on any atom is 0.0664 e. The molecule has 2 atom stereocenters. The Morgan fingerprint density at radius 1 is 0.405 bits per heavy atom. The molecule has 2 unspecified atom stereocenters. The van der Waals surface area contributed by atoms with Gasteiger partial charge < -0.3 is 4.74 Å². The van der Waals surface area contributed by atoms with E-state index in [2.05, 4.69) is 55.4 Å². The molecule has 0 fully saturated rings. The molecular formula is C36H74O. The van der Waals surface area contributed by atoms with Crippen LogP contribution in [0.15, 0.2) is 0 Å². The number of unbranched alkanes of at least 4 members (excludes halogenated alkanes) is 18. The lowest BCUT2D eigenvalue weighted by Gasteiger charge is -2.43. The summed E-state index contributed by atoms with van der Waals surface area (Å²) >= 11 is 0. The van der Waals surface area contributed by atoms with Gasteiger partial charge >= 0.3 is 0 Å². The minimum Gasteiger partial charge on any atom is -0.369 e. The van der Waals surface area contributed by atoms with Gasteiger partial charge in [0.25, 0.3) is 0 Å². The first kappa shape index (κ1) is 37.0. The Morgan fingerprint density at radius 2 is 0.649 bits per heavy atom. The Bertz CT molecular complexity index is 427. The van der Waals surface area contributed by atoms with Crippen molar-refractivity contribution in [3.63, 3.8) is 0 Å². The van der Waals surface area contributed by atoms with Crippen LogP contribution in [0.3, 0.4) is 0 Å². The van der Waals surface area contributed by atoms with Gasteiger partial charge in [0, 0.05) is 0 Å². The summed E-state index contributed by atoms with van der Waals surface area (Å²) in [6.07, 6.45) is 33.0. The maximum atomic E-state index is 7.21. The quantitative estimate of drug-likeness (QED) is 0.0928. The van der Waals surface area contributed by atoms with E-state index in [1.165, 1.54) is 154 Å². The van der Waals surface area contributed by atoms with E-state index in [9.17, 15) is 0 Å². The van der Waals surface area contributed by atoms with Gasteiger partial charge in [-0.3, -0.25) is 0 Å². The topological polar surface area (TPSA) is 9.23 Å². The largest absolute Gasteiger partial charge is 0.369 e. The van der Waals surface area contributed by atoms with Crippen LogP contribution in [0.5, 0.6) is 0 Å². The summed E-state index contributed by atoms with van der Waals surface area (Å²) in [7, 11) is 0. The number of ether oxygens (including phenoxy) is 1. The lowest BCUT2D eigenvalue weighted by molar-refractivity contribution is -0.163. The SMILES string of the molecule is CCCCCCCCCCCCC(C)(CC(C)C)OC(C)(CCCCCCCCCCCC)CC(C)C. The summed E-state index contributed by atoms with van der Waals surface area (Å²) in [6, 6.07) is 0. The Kier molecular flexibility index (Phi) is 23.8. The zero-order chi connectivity index (χ0) is 27.8. The molecule has 0 aliphatic rings. The summed E-state index contributed by atoms with van der Waals surface area (Å²) in [6.45, 7) is 19.0. The fourth-order valence-corrected chi connectivity index (χ4v) is 6.68. The molecule has 0 heterocycles. The minimum absolute atomic E-state index is 0.0243. The highest BCUT2D eigenvalue weighted by atomic mass is 16.5. The van der Waals surface area contributed by atoms with Gasteiger partial charge in [-0.1, -0.05) is 170 Å². The molecule has 37 heavy (non-hydrogen) atoms. The van der Waals surface area contributed by atoms with Crippen LogP contribution in [0.4, 0.5) is 0 Å². The zero-order valence-corrected chi connectivity index (χ0v) is 27.5. The molecule has 1 heteroatoms. The van der Waals surface area contributed by atoms with Crippen molar-refractivity contribution in [2.24, 2.45) is 11.8 Å². The Balaban J connectivity index is 4.51. The third kappa shape index (κ3) is 23.6. The lowest BCUT2D eigenvalue weighted by Crippen LogP contribution is -2.43. The number of hydrogen-bond acceptors (Lipinski definition) is 1. The average molecular weight is 523 g/mol. The highest BCUT2D eigenvalue weighted by molar-refractivity contribution is 4.86. The standard InChI is InChI=1S/C36H74O/c1-9-11-13-15-17-19-21-23-25-27-29-35(7,31-33(3)4)37-36(8,32-34(5)6)30-28-26-24-22-20-18-16-14-12-10-2/h33-34H,9-32H2,1-8H3. The second kappa shape index (κ2) is 23.8. The Hall–Kier alpha value is -0.0400. The Morgan fingerprint density at radius 3 is 0.892 bits per heavy atom. The fraction of sp³-hybridized carbons (Fsp3) is 1.00. The van der Waals surface area contributed by atoms with Crippen LogP contribution in [0.1, 0.15) is 209 Å². The van der Waals surface area contributed by atoms with Crippen molar-refractivity contribution in [2.75, 3.05) is 0 Å². The molecule has 224 valence electrons. The second-order valence-corrected chi connectivity index (χ2v) is 14.1. The van der Waals surface area contributed by atoms with Gasteiger partial charge in [-0.2, -0.15) is 0 Å². The van der Waals surface area contributed by atoms with Gasteiger partial charge in [0.05, 0.1) is 11.2 Å². The summed E-state index contributed by atoms with van der Waals surface area (Å²) < 4.78 is 7.21. The normalized spacial score (nSPS) is 15.4. The second-order valence-electron chi connectivity index (χ2n) is 14.1. The maximum absolute atomic E-state index is 7.21.